The van der Waals surface area contributed by atoms with E-state index < -0.39 is 0 Å². The molecule has 0 spiro atoms. The molecule has 2 aromatic rings. The largest absolute Gasteiger partial charge is 0.351 e. The Morgan fingerprint density at radius 3 is 3.09 bits per heavy atom. The standard InChI is InChI=1S/C6H4IN3S/c7-6-9-3-1-2-8-5(11)4(3)10-6/h1-2H,(H,8,11)(H,9,10). The van der Waals surface area contributed by atoms with Crippen molar-refractivity contribution in [1.29, 1.82) is 0 Å². The second kappa shape index (κ2) is 2.56. The van der Waals surface area contributed by atoms with Gasteiger partial charge in [-0.25, -0.2) is 4.98 Å². The molecule has 2 aromatic heterocycles. The van der Waals surface area contributed by atoms with Crippen LogP contribution in [0, 0.1) is 8.47 Å². The molecule has 0 aliphatic rings. The molecule has 0 saturated carbocycles. The van der Waals surface area contributed by atoms with E-state index in [4.69, 9.17) is 12.2 Å². The molecule has 0 radical (unpaired) electrons. The number of hydrogen-bond donors (Lipinski definition) is 2. The fraction of sp³-hybridized carbons (Fsp3) is 0. The summed E-state index contributed by atoms with van der Waals surface area (Å²) in [4.78, 5) is 10.2. The zero-order valence-corrected chi connectivity index (χ0v) is 8.36. The van der Waals surface area contributed by atoms with Crippen molar-refractivity contribution < 1.29 is 0 Å². The number of rotatable bonds is 0. The summed E-state index contributed by atoms with van der Waals surface area (Å²) in [7, 11) is 0. The lowest BCUT2D eigenvalue weighted by atomic mass is 10.4. The number of aromatic amines is 2. The first kappa shape index (κ1) is 7.23. The molecule has 0 aromatic carbocycles. The maximum Gasteiger partial charge on any atom is 0.169 e. The highest BCUT2D eigenvalue weighted by Crippen LogP contribution is 2.11. The van der Waals surface area contributed by atoms with Crippen molar-refractivity contribution in [2.24, 2.45) is 0 Å². The van der Waals surface area contributed by atoms with Crippen LogP contribution in [0.25, 0.3) is 11.0 Å². The fourth-order valence-corrected chi connectivity index (χ4v) is 1.67. The highest BCUT2D eigenvalue weighted by Gasteiger charge is 1.99. The van der Waals surface area contributed by atoms with Gasteiger partial charge < -0.3 is 9.97 Å². The number of pyridine rings is 1. The Kier molecular flexibility index (Phi) is 1.68. The maximum atomic E-state index is 5.03. The number of hydrogen-bond acceptors (Lipinski definition) is 2. The Morgan fingerprint density at radius 1 is 1.55 bits per heavy atom. The van der Waals surface area contributed by atoms with Gasteiger partial charge in [-0.15, -0.1) is 0 Å². The van der Waals surface area contributed by atoms with Crippen LogP contribution in [-0.4, -0.2) is 15.0 Å². The van der Waals surface area contributed by atoms with Gasteiger partial charge in [0.25, 0.3) is 0 Å². The van der Waals surface area contributed by atoms with Crippen molar-refractivity contribution in [3.05, 3.63) is 20.7 Å². The van der Waals surface area contributed by atoms with Gasteiger partial charge in [0.1, 0.15) is 10.2 Å². The van der Waals surface area contributed by atoms with E-state index in [1.807, 2.05) is 6.07 Å². The molecule has 0 saturated heterocycles. The average molecular weight is 277 g/mol. The normalized spacial score (nSPS) is 10.6. The highest BCUT2D eigenvalue weighted by atomic mass is 127. The van der Waals surface area contributed by atoms with Crippen LogP contribution in [0.4, 0.5) is 0 Å². The zero-order chi connectivity index (χ0) is 7.84. The molecule has 0 aliphatic carbocycles. The van der Waals surface area contributed by atoms with Crippen molar-refractivity contribution in [3.8, 4) is 0 Å². The minimum absolute atomic E-state index is 0.682. The fourth-order valence-electron chi connectivity index (χ4n) is 0.919. The molecule has 0 unspecified atom stereocenters. The van der Waals surface area contributed by atoms with Crippen molar-refractivity contribution in [1.82, 2.24) is 15.0 Å². The summed E-state index contributed by atoms with van der Waals surface area (Å²) < 4.78 is 1.55. The number of imidazole rings is 1. The number of halogens is 1. The first-order valence-corrected chi connectivity index (χ1v) is 4.49. The molecule has 0 atom stereocenters. The van der Waals surface area contributed by atoms with Crippen LogP contribution in [0.2, 0.25) is 0 Å². The lowest BCUT2D eigenvalue weighted by Gasteiger charge is -1.84. The van der Waals surface area contributed by atoms with E-state index >= 15 is 0 Å². The molecule has 56 valence electrons. The molecule has 2 heterocycles. The lowest BCUT2D eigenvalue weighted by molar-refractivity contribution is 1.25. The van der Waals surface area contributed by atoms with Gasteiger partial charge in [0.15, 0.2) is 3.83 Å². The van der Waals surface area contributed by atoms with Gasteiger partial charge in [0.05, 0.1) is 5.52 Å². The van der Waals surface area contributed by atoms with E-state index in [2.05, 4.69) is 37.5 Å². The van der Waals surface area contributed by atoms with Gasteiger partial charge in [0, 0.05) is 6.20 Å². The SMILES string of the molecule is S=c1[nH]ccc2[nH]c(I)nc12. The number of nitrogens with one attached hydrogen (secondary N) is 2. The summed E-state index contributed by atoms with van der Waals surface area (Å²) in [5.74, 6) is 0. The van der Waals surface area contributed by atoms with Gasteiger partial charge in [-0.2, -0.15) is 0 Å². The zero-order valence-electron chi connectivity index (χ0n) is 5.39. The Labute approximate surface area is 81.4 Å². The van der Waals surface area contributed by atoms with Crippen molar-refractivity contribution in [3.63, 3.8) is 0 Å². The first-order chi connectivity index (χ1) is 5.27. The van der Waals surface area contributed by atoms with E-state index in [9.17, 15) is 0 Å². The third-order valence-corrected chi connectivity index (χ3v) is 2.20. The van der Waals surface area contributed by atoms with Crippen LogP contribution >= 0.6 is 34.8 Å². The molecule has 11 heavy (non-hydrogen) atoms. The molecule has 0 bridgehead atoms. The second-order valence-electron chi connectivity index (χ2n) is 2.10. The van der Waals surface area contributed by atoms with E-state index in [0.717, 1.165) is 14.9 Å². The summed E-state index contributed by atoms with van der Waals surface area (Å²) in [6.45, 7) is 0. The molecule has 2 N–H and O–H groups in total. The number of fused-ring (bicyclic) bond motifs is 1. The molecular formula is C6H4IN3S. The predicted molar refractivity (Wildman–Crippen MR) is 54.0 cm³/mol. The molecule has 5 heteroatoms. The van der Waals surface area contributed by atoms with Crippen molar-refractivity contribution in [2.75, 3.05) is 0 Å². The molecule has 0 amide bonds. The minimum Gasteiger partial charge on any atom is -0.351 e. The minimum atomic E-state index is 0.682. The molecule has 3 nitrogen and oxygen atoms in total. The Morgan fingerprint density at radius 2 is 2.36 bits per heavy atom. The lowest BCUT2D eigenvalue weighted by Crippen LogP contribution is -1.74. The maximum absolute atomic E-state index is 5.03. The van der Waals surface area contributed by atoms with Crippen molar-refractivity contribution >= 4 is 45.8 Å². The van der Waals surface area contributed by atoms with Crippen LogP contribution in [0.5, 0.6) is 0 Å². The topological polar surface area (TPSA) is 44.5 Å². The summed E-state index contributed by atoms with van der Waals surface area (Å²) in [6.07, 6.45) is 1.80. The number of aromatic nitrogens is 3. The van der Waals surface area contributed by atoms with Gasteiger partial charge in [-0.3, -0.25) is 0 Å². The van der Waals surface area contributed by atoms with E-state index in [1.165, 1.54) is 0 Å². The highest BCUT2D eigenvalue weighted by molar-refractivity contribution is 14.1. The molecule has 0 fully saturated rings. The smallest absolute Gasteiger partial charge is 0.169 e. The predicted octanol–water partition coefficient (Wildman–Crippen LogP) is 2.23. The summed E-state index contributed by atoms with van der Waals surface area (Å²) in [5, 5.41) is 0. The third kappa shape index (κ3) is 1.18. The van der Waals surface area contributed by atoms with E-state index in [0.29, 0.717) is 4.64 Å². The summed E-state index contributed by atoms with van der Waals surface area (Å²) >= 11 is 7.15. The average Bonchev–Trinajstić information content (AvgIpc) is 2.31. The monoisotopic (exact) mass is 277 g/mol. The van der Waals surface area contributed by atoms with Crippen LogP contribution in [-0.2, 0) is 0 Å². The molecule has 2 rings (SSSR count). The Bertz CT molecular complexity index is 444. The Hall–Kier alpha value is -0.430. The first-order valence-electron chi connectivity index (χ1n) is 3.00. The Balaban J connectivity index is 3.02. The van der Waals surface area contributed by atoms with E-state index in [1.54, 1.807) is 6.20 Å². The van der Waals surface area contributed by atoms with Crippen LogP contribution in [0.3, 0.4) is 0 Å². The van der Waals surface area contributed by atoms with Crippen LogP contribution in [0.15, 0.2) is 12.3 Å². The second-order valence-corrected chi connectivity index (χ2v) is 3.53. The van der Waals surface area contributed by atoms with Gasteiger partial charge in [-0.1, -0.05) is 12.2 Å². The van der Waals surface area contributed by atoms with Gasteiger partial charge in [0.2, 0.25) is 0 Å². The number of H-pyrrole nitrogens is 2. The van der Waals surface area contributed by atoms with Gasteiger partial charge in [-0.05, 0) is 28.7 Å². The van der Waals surface area contributed by atoms with Gasteiger partial charge >= 0.3 is 0 Å². The van der Waals surface area contributed by atoms with Crippen LogP contribution < -0.4 is 0 Å². The van der Waals surface area contributed by atoms with Crippen LogP contribution in [0.1, 0.15) is 0 Å². The summed E-state index contributed by atoms with van der Waals surface area (Å²) in [5.41, 5.74) is 1.82. The molecular weight excluding hydrogens is 273 g/mol. The quantitative estimate of drug-likeness (QED) is 0.573. The molecule has 0 aliphatic heterocycles. The third-order valence-electron chi connectivity index (χ3n) is 1.38. The summed E-state index contributed by atoms with van der Waals surface area (Å²) in [6, 6.07) is 1.92. The van der Waals surface area contributed by atoms with Crippen molar-refractivity contribution in [2.45, 2.75) is 0 Å². The number of nitrogens with zero attached hydrogens (tertiary/aromatic N) is 1. The van der Waals surface area contributed by atoms with E-state index in [-0.39, 0.29) is 0 Å².